The number of hydrogen-bond acceptors (Lipinski definition) is 5. The minimum Gasteiger partial charge on any atom is -0.372 e. The van der Waals surface area contributed by atoms with E-state index in [1.165, 1.54) is 31.0 Å². The first-order valence-corrected chi connectivity index (χ1v) is 13.6. The summed E-state index contributed by atoms with van der Waals surface area (Å²) in [4.78, 5) is 33.7. The van der Waals surface area contributed by atoms with Crippen molar-refractivity contribution < 1.29 is 4.79 Å². The molecule has 1 aromatic heterocycles. The molecule has 4 aromatic rings. The van der Waals surface area contributed by atoms with Crippen molar-refractivity contribution >= 4 is 50.1 Å². The molecule has 0 saturated carbocycles. The van der Waals surface area contributed by atoms with Crippen LogP contribution >= 0.6 is 27.7 Å². The van der Waals surface area contributed by atoms with E-state index >= 15 is 0 Å². The SMILES string of the molecule is O=C(CSc1nc2ccc(N3CCCCC3)cc2c(=O)n1Cc1ccccc1)c1ccc(Br)cc1. The van der Waals surface area contributed by atoms with E-state index in [2.05, 4.69) is 26.9 Å². The standard InChI is InChI=1S/C28H26BrN3O2S/c29-22-11-9-21(10-12-22)26(33)19-35-28-30-25-14-13-23(31-15-5-2-6-16-31)17-24(25)27(34)32(28)18-20-7-3-1-4-8-20/h1,3-4,7-14,17H,2,5-6,15-16,18-19H2. The Bertz CT molecular complexity index is 1400. The minimum absolute atomic E-state index is 0.00329. The first-order valence-electron chi connectivity index (χ1n) is 11.8. The summed E-state index contributed by atoms with van der Waals surface area (Å²) in [6.07, 6.45) is 3.61. The van der Waals surface area contributed by atoms with Gasteiger partial charge in [0, 0.05) is 28.8 Å². The molecule has 7 heteroatoms. The highest BCUT2D eigenvalue weighted by molar-refractivity contribution is 9.10. The molecule has 35 heavy (non-hydrogen) atoms. The number of benzene rings is 3. The number of nitrogens with zero attached hydrogens (tertiary/aromatic N) is 3. The lowest BCUT2D eigenvalue weighted by atomic mass is 10.1. The third-order valence-electron chi connectivity index (χ3n) is 6.31. The van der Waals surface area contributed by atoms with Crippen LogP contribution in [0.5, 0.6) is 0 Å². The lowest BCUT2D eigenvalue weighted by molar-refractivity contribution is 0.102. The number of aromatic nitrogens is 2. The average molecular weight is 549 g/mol. The number of rotatable bonds is 7. The van der Waals surface area contributed by atoms with Gasteiger partial charge in [-0.2, -0.15) is 0 Å². The summed E-state index contributed by atoms with van der Waals surface area (Å²) < 4.78 is 2.63. The smallest absolute Gasteiger partial charge is 0.262 e. The Hall–Kier alpha value is -2.90. The molecule has 1 saturated heterocycles. The van der Waals surface area contributed by atoms with Crippen molar-refractivity contribution in [2.75, 3.05) is 23.7 Å². The van der Waals surface area contributed by atoms with Crippen molar-refractivity contribution in [3.63, 3.8) is 0 Å². The summed E-state index contributed by atoms with van der Waals surface area (Å²) in [5.41, 5.74) is 3.33. The second-order valence-corrected chi connectivity index (χ2v) is 10.6. The maximum Gasteiger partial charge on any atom is 0.262 e. The van der Waals surface area contributed by atoms with Crippen LogP contribution in [0.2, 0.25) is 0 Å². The molecule has 0 bridgehead atoms. The Balaban J connectivity index is 1.50. The van der Waals surface area contributed by atoms with Crippen LogP contribution in [-0.4, -0.2) is 34.2 Å². The second kappa shape index (κ2) is 10.8. The van der Waals surface area contributed by atoms with E-state index in [4.69, 9.17) is 4.98 Å². The Kier molecular flexibility index (Phi) is 7.35. The number of halogens is 1. The van der Waals surface area contributed by atoms with Crippen LogP contribution in [0.1, 0.15) is 35.2 Å². The summed E-state index contributed by atoms with van der Waals surface area (Å²) >= 11 is 4.72. The molecule has 5 rings (SSSR count). The molecule has 0 radical (unpaired) electrons. The van der Waals surface area contributed by atoms with E-state index in [9.17, 15) is 9.59 Å². The van der Waals surface area contributed by atoms with Crippen molar-refractivity contribution in [2.24, 2.45) is 0 Å². The molecule has 1 fully saturated rings. The molecule has 0 aliphatic carbocycles. The molecule has 178 valence electrons. The van der Waals surface area contributed by atoms with Gasteiger partial charge in [-0.3, -0.25) is 14.2 Å². The van der Waals surface area contributed by atoms with Crippen molar-refractivity contribution in [1.82, 2.24) is 9.55 Å². The van der Waals surface area contributed by atoms with Crippen molar-refractivity contribution in [3.8, 4) is 0 Å². The highest BCUT2D eigenvalue weighted by atomic mass is 79.9. The monoisotopic (exact) mass is 547 g/mol. The van der Waals surface area contributed by atoms with Gasteiger partial charge < -0.3 is 4.90 Å². The lowest BCUT2D eigenvalue weighted by Crippen LogP contribution is -2.30. The van der Waals surface area contributed by atoms with E-state index < -0.39 is 0 Å². The number of ketones is 1. The molecule has 5 nitrogen and oxygen atoms in total. The fourth-order valence-corrected chi connectivity index (χ4v) is 5.56. The number of Topliss-reactive ketones (excluding diaryl/α,β-unsaturated/α-hetero) is 1. The van der Waals surface area contributed by atoms with Gasteiger partial charge in [0.15, 0.2) is 10.9 Å². The molecular weight excluding hydrogens is 522 g/mol. The van der Waals surface area contributed by atoms with Crippen LogP contribution < -0.4 is 10.5 Å². The number of thioether (sulfide) groups is 1. The summed E-state index contributed by atoms with van der Waals surface area (Å²) in [7, 11) is 0. The van der Waals surface area contributed by atoms with Gasteiger partial charge in [0.05, 0.1) is 23.2 Å². The van der Waals surface area contributed by atoms with Crippen molar-refractivity contribution in [3.05, 3.63) is 98.7 Å². The summed E-state index contributed by atoms with van der Waals surface area (Å²) in [5.74, 6) is 0.212. The molecule has 0 unspecified atom stereocenters. The molecular formula is C28H26BrN3O2S. The molecule has 0 N–H and O–H groups in total. The van der Waals surface area contributed by atoms with Gasteiger partial charge >= 0.3 is 0 Å². The summed E-state index contributed by atoms with van der Waals surface area (Å²) in [5, 5.41) is 1.18. The first kappa shape index (κ1) is 23.8. The van der Waals surface area contributed by atoms with Crippen LogP contribution in [-0.2, 0) is 6.54 Å². The third-order valence-corrected chi connectivity index (χ3v) is 7.81. The maximum atomic E-state index is 13.7. The highest BCUT2D eigenvalue weighted by Gasteiger charge is 2.17. The second-order valence-electron chi connectivity index (χ2n) is 8.74. The highest BCUT2D eigenvalue weighted by Crippen LogP contribution is 2.25. The van der Waals surface area contributed by atoms with Crippen LogP contribution in [0.4, 0.5) is 5.69 Å². The van der Waals surface area contributed by atoms with E-state index in [-0.39, 0.29) is 17.1 Å². The molecule has 0 amide bonds. The minimum atomic E-state index is -0.0729. The summed E-state index contributed by atoms with van der Waals surface area (Å²) in [6, 6.07) is 23.2. The molecule has 0 atom stereocenters. The van der Waals surface area contributed by atoms with Gasteiger partial charge in [0.1, 0.15) is 0 Å². The largest absolute Gasteiger partial charge is 0.372 e. The molecule has 2 heterocycles. The van der Waals surface area contributed by atoms with E-state index in [1.54, 1.807) is 16.7 Å². The number of fused-ring (bicyclic) bond motifs is 1. The fourth-order valence-electron chi connectivity index (χ4n) is 4.40. The van der Waals surface area contributed by atoms with Crippen LogP contribution in [0.3, 0.4) is 0 Å². The average Bonchev–Trinajstić information content (AvgIpc) is 2.90. The normalized spacial score (nSPS) is 13.8. The molecule has 0 spiro atoms. The molecule has 3 aromatic carbocycles. The topological polar surface area (TPSA) is 55.2 Å². The number of carbonyl (C=O) groups excluding carboxylic acids is 1. The van der Waals surface area contributed by atoms with Gasteiger partial charge in [0.25, 0.3) is 5.56 Å². The van der Waals surface area contributed by atoms with Crippen LogP contribution in [0.25, 0.3) is 10.9 Å². The Labute approximate surface area is 217 Å². The molecule has 1 aliphatic rings. The van der Waals surface area contributed by atoms with Crippen molar-refractivity contribution in [1.29, 1.82) is 0 Å². The van der Waals surface area contributed by atoms with Gasteiger partial charge in [-0.1, -0.05) is 70.2 Å². The lowest BCUT2D eigenvalue weighted by Gasteiger charge is -2.29. The number of hydrogen-bond donors (Lipinski definition) is 0. The Morgan fingerprint density at radius 3 is 2.43 bits per heavy atom. The molecule has 1 aliphatic heterocycles. The third kappa shape index (κ3) is 5.52. The van der Waals surface area contributed by atoms with Crippen LogP contribution in [0, 0.1) is 0 Å². The number of carbonyl (C=O) groups is 1. The predicted octanol–water partition coefficient (Wildman–Crippen LogP) is 6.17. The predicted molar refractivity (Wildman–Crippen MR) is 147 cm³/mol. The Morgan fingerprint density at radius 1 is 0.943 bits per heavy atom. The first-order chi connectivity index (χ1) is 17.1. The van der Waals surface area contributed by atoms with E-state index in [1.807, 2.05) is 54.6 Å². The van der Waals surface area contributed by atoms with E-state index in [0.29, 0.717) is 28.2 Å². The number of piperidine rings is 1. The zero-order valence-corrected chi connectivity index (χ0v) is 21.7. The van der Waals surface area contributed by atoms with Crippen LogP contribution in [0.15, 0.2) is 87.2 Å². The maximum absolute atomic E-state index is 13.7. The Morgan fingerprint density at radius 2 is 1.69 bits per heavy atom. The zero-order valence-electron chi connectivity index (χ0n) is 19.3. The fraction of sp³-hybridized carbons (Fsp3) is 0.250. The quantitative estimate of drug-likeness (QED) is 0.157. The van der Waals surface area contributed by atoms with Gasteiger partial charge in [-0.15, -0.1) is 0 Å². The van der Waals surface area contributed by atoms with Gasteiger partial charge in [0.2, 0.25) is 0 Å². The van der Waals surface area contributed by atoms with Crippen molar-refractivity contribution in [2.45, 2.75) is 31.0 Å². The zero-order chi connectivity index (χ0) is 24.2. The van der Waals surface area contributed by atoms with Gasteiger partial charge in [-0.05, 0) is 55.2 Å². The van der Waals surface area contributed by atoms with Gasteiger partial charge in [-0.25, -0.2) is 4.98 Å². The number of anilines is 1. The van der Waals surface area contributed by atoms with E-state index in [0.717, 1.165) is 28.8 Å². The summed E-state index contributed by atoms with van der Waals surface area (Å²) in [6.45, 7) is 2.44.